The number of rotatable bonds is 6. The molecule has 0 fully saturated rings. The first-order valence-electron chi connectivity index (χ1n) is 10.9. The third-order valence-corrected chi connectivity index (χ3v) is 5.43. The number of Topliss-reactive ketones (excluding diaryl/α,β-unsaturated/α-hetero) is 2. The molecule has 0 atom stereocenters. The van der Waals surface area contributed by atoms with Crippen molar-refractivity contribution >= 4 is 17.5 Å². The van der Waals surface area contributed by atoms with Gasteiger partial charge in [-0.05, 0) is 36.4 Å². The number of esters is 1. The minimum absolute atomic E-state index is 0.0780. The van der Waals surface area contributed by atoms with Crippen LogP contribution in [-0.4, -0.2) is 52.1 Å². The van der Waals surface area contributed by atoms with E-state index in [0.717, 1.165) is 0 Å². The Hall–Kier alpha value is -4.77. The van der Waals surface area contributed by atoms with Gasteiger partial charge in [-0.15, -0.1) is 0 Å². The molecule has 182 valence electrons. The van der Waals surface area contributed by atoms with Crippen LogP contribution in [0, 0.1) is 11.8 Å². The molecule has 0 bridgehead atoms. The van der Waals surface area contributed by atoms with Crippen molar-refractivity contribution in [2.75, 3.05) is 34.5 Å². The summed E-state index contributed by atoms with van der Waals surface area (Å²) in [5.74, 6) is 5.76. The van der Waals surface area contributed by atoms with Crippen molar-refractivity contribution in [2.24, 2.45) is 0 Å². The highest BCUT2D eigenvalue weighted by atomic mass is 16.6. The van der Waals surface area contributed by atoms with Gasteiger partial charge in [0.15, 0.2) is 23.0 Å². The number of carbonyl (C=O) groups is 3. The molecule has 1 aliphatic heterocycles. The summed E-state index contributed by atoms with van der Waals surface area (Å²) in [6, 6.07) is 13.9. The van der Waals surface area contributed by atoms with Crippen LogP contribution in [0.4, 0.5) is 0 Å². The van der Waals surface area contributed by atoms with Gasteiger partial charge in [0.25, 0.3) is 0 Å². The molecule has 0 saturated carbocycles. The van der Waals surface area contributed by atoms with Gasteiger partial charge in [-0.2, -0.15) is 0 Å². The van der Waals surface area contributed by atoms with Gasteiger partial charge in [0.05, 0.1) is 26.9 Å². The second-order valence-corrected chi connectivity index (χ2v) is 7.59. The average Bonchev–Trinajstić information content (AvgIpc) is 2.94. The van der Waals surface area contributed by atoms with E-state index in [1.54, 1.807) is 24.3 Å². The van der Waals surface area contributed by atoms with Crippen LogP contribution in [0.2, 0.25) is 0 Å². The number of hydrogen-bond acceptors (Lipinski definition) is 8. The fourth-order valence-electron chi connectivity index (χ4n) is 3.56. The monoisotopic (exact) mass is 486 g/mol. The van der Waals surface area contributed by atoms with E-state index in [1.165, 1.54) is 51.7 Å². The molecule has 4 rings (SSSR count). The van der Waals surface area contributed by atoms with Gasteiger partial charge in [-0.3, -0.25) is 9.59 Å². The zero-order chi connectivity index (χ0) is 25.7. The molecule has 3 aromatic carbocycles. The van der Waals surface area contributed by atoms with Crippen molar-refractivity contribution in [3.8, 4) is 34.8 Å². The predicted octanol–water partition coefficient (Wildman–Crippen LogP) is 3.73. The van der Waals surface area contributed by atoms with E-state index in [2.05, 4.69) is 16.6 Å². The standard InChI is InChI=1S/C28H22O8/c1-32-22-11-5-17(14-23(22)33-2)4-6-20-15-24-25(36-13-12-35-24)16-21(20)27(30)26(29)18-7-9-19(10-8-18)28(31)34-3/h5,7-11,14-16H,12-13H2,1-3H3. The molecule has 0 saturated heterocycles. The third kappa shape index (κ3) is 5.00. The van der Waals surface area contributed by atoms with Gasteiger partial charge in [-0.25, -0.2) is 4.79 Å². The van der Waals surface area contributed by atoms with Gasteiger partial charge >= 0.3 is 5.97 Å². The summed E-state index contributed by atoms with van der Waals surface area (Å²) in [6.45, 7) is 0.675. The van der Waals surface area contributed by atoms with Crippen LogP contribution in [0.3, 0.4) is 0 Å². The highest BCUT2D eigenvalue weighted by Gasteiger charge is 2.25. The molecular formula is C28H22O8. The lowest BCUT2D eigenvalue weighted by atomic mass is 9.96. The maximum absolute atomic E-state index is 13.3. The Morgan fingerprint density at radius 1 is 0.722 bits per heavy atom. The van der Waals surface area contributed by atoms with E-state index < -0.39 is 17.5 Å². The number of ether oxygens (including phenoxy) is 5. The number of ketones is 2. The summed E-state index contributed by atoms with van der Waals surface area (Å²) in [6.07, 6.45) is 0. The van der Waals surface area contributed by atoms with Crippen molar-refractivity contribution in [3.63, 3.8) is 0 Å². The van der Waals surface area contributed by atoms with Crippen LogP contribution >= 0.6 is 0 Å². The lowest BCUT2D eigenvalue weighted by Crippen LogP contribution is -2.19. The molecule has 1 heterocycles. The van der Waals surface area contributed by atoms with Crippen LogP contribution < -0.4 is 18.9 Å². The van der Waals surface area contributed by atoms with E-state index in [4.69, 9.17) is 18.9 Å². The molecule has 8 nitrogen and oxygen atoms in total. The van der Waals surface area contributed by atoms with Crippen LogP contribution in [0.25, 0.3) is 0 Å². The molecule has 3 aromatic rings. The first-order valence-corrected chi connectivity index (χ1v) is 10.9. The smallest absolute Gasteiger partial charge is 0.337 e. The number of fused-ring (bicyclic) bond motifs is 1. The van der Waals surface area contributed by atoms with Crippen LogP contribution in [0.1, 0.15) is 42.2 Å². The summed E-state index contributed by atoms with van der Waals surface area (Å²) in [4.78, 5) is 38.0. The van der Waals surface area contributed by atoms with E-state index in [0.29, 0.717) is 47.3 Å². The summed E-state index contributed by atoms with van der Waals surface area (Å²) >= 11 is 0. The van der Waals surface area contributed by atoms with E-state index >= 15 is 0 Å². The van der Waals surface area contributed by atoms with Crippen LogP contribution in [0.5, 0.6) is 23.0 Å². The molecule has 8 heteroatoms. The van der Waals surface area contributed by atoms with Gasteiger partial charge in [0.1, 0.15) is 13.2 Å². The van der Waals surface area contributed by atoms with Gasteiger partial charge in [0, 0.05) is 28.3 Å². The number of methoxy groups -OCH3 is 3. The first-order chi connectivity index (χ1) is 17.4. The second kappa shape index (κ2) is 10.7. The molecule has 0 aromatic heterocycles. The number of benzene rings is 3. The highest BCUT2D eigenvalue weighted by molar-refractivity contribution is 6.49. The number of carbonyl (C=O) groups excluding carboxylic acids is 3. The largest absolute Gasteiger partial charge is 0.493 e. The molecular weight excluding hydrogens is 464 g/mol. The van der Waals surface area contributed by atoms with Crippen LogP contribution in [0.15, 0.2) is 54.6 Å². The quantitative estimate of drug-likeness (QED) is 0.225. The Bertz CT molecular complexity index is 1390. The molecule has 1 aliphatic rings. The summed E-state index contributed by atoms with van der Waals surface area (Å²) in [7, 11) is 4.32. The number of hydrogen-bond donors (Lipinski definition) is 0. The van der Waals surface area contributed by atoms with Crippen LogP contribution in [-0.2, 0) is 4.74 Å². The van der Waals surface area contributed by atoms with Gasteiger partial charge in [-0.1, -0.05) is 24.0 Å². The van der Waals surface area contributed by atoms with Crippen molar-refractivity contribution in [3.05, 3.63) is 82.4 Å². The van der Waals surface area contributed by atoms with Crippen molar-refractivity contribution in [1.29, 1.82) is 0 Å². The third-order valence-electron chi connectivity index (χ3n) is 5.43. The average molecular weight is 486 g/mol. The molecule has 36 heavy (non-hydrogen) atoms. The molecule has 0 unspecified atom stereocenters. The van der Waals surface area contributed by atoms with Crippen molar-refractivity contribution < 1.29 is 38.1 Å². The lowest BCUT2D eigenvalue weighted by Gasteiger charge is -2.19. The van der Waals surface area contributed by atoms with E-state index in [-0.39, 0.29) is 16.7 Å². The maximum Gasteiger partial charge on any atom is 0.337 e. The zero-order valence-electron chi connectivity index (χ0n) is 19.9. The SMILES string of the molecule is COC(=O)c1ccc(C(=O)C(=O)c2cc3c(cc2C#Cc2ccc(OC)c(OC)c2)OCCO3)cc1. The molecule has 0 amide bonds. The topological polar surface area (TPSA) is 97.4 Å². The Kier molecular flexibility index (Phi) is 7.21. The Balaban J connectivity index is 1.71. The normalized spacial score (nSPS) is 11.5. The Labute approximate surface area is 207 Å². The van der Waals surface area contributed by atoms with Gasteiger partial charge in [0.2, 0.25) is 11.6 Å². The second-order valence-electron chi connectivity index (χ2n) is 7.59. The van der Waals surface area contributed by atoms with Crippen molar-refractivity contribution in [1.82, 2.24) is 0 Å². The molecule has 0 N–H and O–H groups in total. The summed E-state index contributed by atoms with van der Waals surface area (Å²) in [5, 5.41) is 0. The maximum atomic E-state index is 13.3. The van der Waals surface area contributed by atoms with Gasteiger partial charge < -0.3 is 23.7 Å². The minimum atomic E-state index is -0.769. The molecule has 0 radical (unpaired) electrons. The minimum Gasteiger partial charge on any atom is -0.493 e. The van der Waals surface area contributed by atoms with E-state index in [9.17, 15) is 14.4 Å². The van der Waals surface area contributed by atoms with E-state index in [1.807, 2.05) is 0 Å². The summed E-state index contributed by atoms with van der Waals surface area (Å²) in [5.41, 5.74) is 1.39. The Morgan fingerprint density at radius 2 is 1.36 bits per heavy atom. The summed E-state index contributed by atoms with van der Waals surface area (Å²) < 4.78 is 26.5. The zero-order valence-corrected chi connectivity index (χ0v) is 19.9. The predicted molar refractivity (Wildman–Crippen MR) is 129 cm³/mol. The fraction of sp³-hybridized carbons (Fsp3) is 0.179. The molecule has 0 aliphatic carbocycles. The fourth-order valence-corrected chi connectivity index (χ4v) is 3.56. The molecule has 0 spiro atoms. The highest BCUT2D eigenvalue weighted by Crippen LogP contribution is 2.34. The lowest BCUT2D eigenvalue weighted by molar-refractivity contribution is 0.0600. The van der Waals surface area contributed by atoms with Crippen molar-refractivity contribution in [2.45, 2.75) is 0 Å². The Morgan fingerprint density at radius 3 is 2.00 bits per heavy atom. The first kappa shape index (κ1) is 24.4.